The van der Waals surface area contributed by atoms with E-state index in [-0.39, 0.29) is 11.9 Å². The van der Waals surface area contributed by atoms with E-state index in [1.54, 1.807) is 11.8 Å². The Labute approximate surface area is 516 Å². The number of hydrogen-bond donors (Lipinski definition) is 1. The normalized spacial score (nSPS) is 15.4. The fourth-order valence-electron chi connectivity index (χ4n) is 14.4. The third kappa shape index (κ3) is 12.7. The Hall–Kier alpha value is -6.93. The SMILES string of the molecule is CCC(CC)N1C(=O)C(C)(O)c2c(C)nc(N(CC)c3c(C)cc(C)cc3C)nc21.CCC(CC)N1CC(C)c2c(C)nc(N(CC)c3c(C)cc(C)cc3C)nc21.CCC(CC)n1cc(C)c2c(C)nc(N(CC)c3c(C)cc(C)cc3C)nc21. The highest BCUT2D eigenvalue weighted by Crippen LogP contribution is 2.45. The Morgan fingerprint density at radius 3 is 1.27 bits per heavy atom. The van der Waals surface area contributed by atoms with Gasteiger partial charge >= 0.3 is 0 Å². The van der Waals surface area contributed by atoms with E-state index in [4.69, 9.17) is 29.9 Å². The average Bonchev–Trinajstić information content (AvgIpc) is 1.97. The van der Waals surface area contributed by atoms with Gasteiger partial charge in [0.05, 0.1) is 17.0 Å². The summed E-state index contributed by atoms with van der Waals surface area (Å²) in [7, 11) is 0. The van der Waals surface area contributed by atoms with Gasteiger partial charge in [-0.1, -0.05) is 102 Å². The van der Waals surface area contributed by atoms with Crippen molar-refractivity contribution in [3.63, 3.8) is 0 Å². The standard InChI is InChI=1S/C24H34N4O2.C24H36N4.C24H34N4/c1-9-18(10-2)28-21-19(24(8,30)22(28)29)17(7)25-23(26-21)27(11-3)20-15(5)12-14(4)13-16(20)6;2*1-9-20(10-2)28-14-18(7)21-19(8)25-24(26-23(21)28)27(11-3)22-16(5)12-15(4)13-17(22)6/h12-13,18,30H,9-11H2,1-8H3;12-13,18,20H,9-11,14H2,1-8H3;12-14,20H,9-11H2,1-8H3. The molecule has 9 rings (SSSR count). The highest BCUT2D eigenvalue weighted by atomic mass is 16.3. The van der Waals surface area contributed by atoms with Crippen molar-refractivity contribution < 1.29 is 9.90 Å². The summed E-state index contributed by atoms with van der Waals surface area (Å²) in [5, 5.41) is 12.2. The minimum atomic E-state index is -1.60. The molecule has 2 atom stereocenters. The zero-order valence-electron chi connectivity index (χ0n) is 57.1. The van der Waals surface area contributed by atoms with Gasteiger partial charge in [0.1, 0.15) is 17.3 Å². The molecule has 0 aliphatic carbocycles. The van der Waals surface area contributed by atoms with E-state index >= 15 is 0 Å². The topological polar surface area (TPSA) is 136 Å². The number of carbonyl (C=O) groups is 1. The summed E-state index contributed by atoms with van der Waals surface area (Å²) in [6.07, 6.45) is 8.35. The minimum absolute atomic E-state index is 0.00898. The van der Waals surface area contributed by atoms with Crippen molar-refractivity contribution in [2.24, 2.45) is 0 Å². The molecule has 3 aromatic carbocycles. The number of benzene rings is 3. The first-order chi connectivity index (χ1) is 40.7. The average molecular weight is 1170 g/mol. The van der Waals surface area contributed by atoms with Gasteiger partial charge in [0.25, 0.3) is 5.91 Å². The lowest BCUT2D eigenvalue weighted by Crippen LogP contribution is -2.43. The summed E-state index contributed by atoms with van der Waals surface area (Å²) in [4.78, 5) is 53.8. The van der Waals surface area contributed by atoms with Gasteiger partial charge in [-0.25, -0.2) is 15.0 Å². The number of hydrogen-bond acceptors (Lipinski definition) is 12. The zero-order chi connectivity index (χ0) is 63.5. The predicted octanol–water partition coefficient (Wildman–Crippen LogP) is 17.1. The van der Waals surface area contributed by atoms with E-state index in [0.29, 0.717) is 47.6 Å². The van der Waals surface area contributed by atoms with E-state index in [0.717, 1.165) is 110 Å². The first-order valence-electron chi connectivity index (χ1n) is 32.2. The lowest BCUT2D eigenvalue weighted by atomic mass is 9.98. The van der Waals surface area contributed by atoms with Crippen LogP contribution in [0.25, 0.3) is 11.0 Å². The van der Waals surface area contributed by atoms with Crippen molar-refractivity contribution in [3.8, 4) is 0 Å². The zero-order valence-corrected chi connectivity index (χ0v) is 57.1. The minimum Gasteiger partial charge on any atom is -0.375 e. The number of amides is 1. The van der Waals surface area contributed by atoms with Gasteiger partial charge in [-0.15, -0.1) is 0 Å². The van der Waals surface area contributed by atoms with E-state index in [1.807, 2.05) is 6.92 Å². The summed E-state index contributed by atoms with van der Waals surface area (Å²) < 4.78 is 2.37. The monoisotopic (exact) mass is 1170 g/mol. The smallest absolute Gasteiger partial charge is 0.264 e. The van der Waals surface area contributed by atoms with E-state index in [9.17, 15) is 9.90 Å². The fourth-order valence-corrected chi connectivity index (χ4v) is 14.4. The lowest BCUT2D eigenvalue weighted by molar-refractivity contribution is -0.134. The van der Waals surface area contributed by atoms with Crippen LogP contribution < -0.4 is 24.5 Å². The second-order valence-corrected chi connectivity index (χ2v) is 24.9. The molecule has 0 radical (unpaired) electrons. The van der Waals surface area contributed by atoms with Crippen LogP contribution in [0.1, 0.15) is 210 Å². The lowest BCUT2D eigenvalue weighted by Gasteiger charge is -2.30. The van der Waals surface area contributed by atoms with E-state index in [2.05, 4.69) is 219 Å². The molecule has 4 aromatic heterocycles. The molecule has 0 fully saturated rings. The number of aryl methyl sites for hydroxylation is 13. The number of fused-ring (bicyclic) bond motifs is 3. The number of rotatable bonds is 18. The van der Waals surface area contributed by atoms with Crippen molar-refractivity contribution in [2.75, 3.05) is 50.7 Å². The molecule has 0 saturated heterocycles. The van der Waals surface area contributed by atoms with Gasteiger partial charge in [0, 0.05) is 90.1 Å². The molecule has 6 heterocycles. The van der Waals surface area contributed by atoms with Crippen LogP contribution in [-0.2, 0) is 10.4 Å². The van der Waals surface area contributed by atoms with Crippen molar-refractivity contribution in [1.82, 2.24) is 34.5 Å². The summed E-state index contributed by atoms with van der Waals surface area (Å²) in [5.74, 6) is 4.07. The molecular weight excluding hydrogens is 1060 g/mol. The predicted molar refractivity (Wildman–Crippen MR) is 362 cm³/mol. The first-order valence-corrected chi connectivity index (χ1v) is 32.2. The van der Waals surface area contributed by atoms with Gasteiger partial charge in [0.15, 0.2) is 5.60 Å². The molecule has 1 N–H and O–H groups in total. The summed E-state index contributed by atoms with van der Waals surface area (Å²) >= 11 is 0. The van der Waals surface area contributed by atoms with Gasteiger partial charge < -0.3 is 29.3 Å². The maximum Gasteiger partial charge on any atom is 0.264 e. The maximum absolute atomic E-state index is 13.2. The van der Waals surface area contributed by atoms with Crippen molar-refractivity contribution in [1.29, 1.82) is 0 Å². The highest BCUT2D eigenvalue weighted by molar-refractivity contribution is 6.06. The molecule has 464 valence electrons. The number of aliphatic hydroxyl groups is 1. The fraction of sp³-hybridized carbons (Fsp3) is 0.542. The molecule has 0 bridgehead atoms. The van der Waals surface area contributed by atoms with Crippen LogP contribution in [0.15, 0.2) is 42.6 Å². The Bertz CT molecular complexity index is 3500. The van der Waals surface area contributed by atoms with Gasteiger partial charge in [-0.05, 0) is 195 Å². The number of nitrogens with zero attached hydrogens (tertiary/aromatic N) is 12. The van der Waals surface area contributed by atoms with Crippen molar-refractivity contribution >= 4 is 63.5 Å². The largest absolute Gasteiger partial charge is 0.375 e. The third-order valence-corrected chi connectivity index (χ3v) is 18.2. The second-order valence-electron chi connectivity index (χ2n) is 24.9. The molecule has 2 aliphatic heterocycles. The van der Waals surface area contributed by atoms with E-state index < -0.39 is 5.60 Å². The molecule has 14 nitrogen and oxygen atoms in total. The van der Waals surface area contributed by atoms with Crippen molar-refractivity contribution in [2.45, 2.75) is 234 Å². The Morgan fingerprint density at radius 2 is 0.872 bits per heavy atom. The molecule has 2 unspecified atom stereocenters. The maximum atomic E-state index is 13.2. The van der Waals surface area contributed by atoms with E-state index in [1.165, 1.54) is 66.8 Å². The molecule has 0 spiro atoms. The molecule has 86 heavy (non-hydrogen) atoms. The summed E-state index contributed by atoms with van der Waals surface area (Å²) in [6.45, 7) is 54.5. The van der Waals surface area contributed by atoms with Crippen LogP contribution in [-0.4, -0.2) is 83.7 Å². The molecule has 2 aliphatic rings. The van der Waals surface area contributed by atoms with Gasteiger partial charge in [0.2, 0.25) is 17.8 Å². The second kappa shape index (κ2) is 27.4. The first kappa shape index (κ1) is 66.6. The van der Waals surface area contributed by atoms with Crippen molar-refractivity contribution in [3.05, 3.63) is 126 Å². The number of anilines is 8. The highest BCUT2D eigenvalue weighted by Gasteiger charge is 2.51. The molecule has 7 aromatic rings. The third-order valence-electron chi connectivity index (χ3n) is 18.2. The summed E-state index contributed by atoms with van der Waals surface area (Å²) in [6, 6.07) is 14.3. The number of carbonyl (C=O) groups excluding carboxylic acids is 1. The number of aromatic nitrogens is 7. The molecule has 14 heteroatoms. The Kier molecular flexibility index (Phi) is 21.2. The van der Waals surface area contributed by atoms with Crippen LogP contribution >= 0.6 is 0 Å². The molecule has 1 amide bonds. The molecular formula is C72H104N12O2. The van der Waals surface area contributed by atoms with Crippen LogP contribution in [0.4, 0.5) is 46.5 Å². The van der Waals surface area contributed by atoms with Gasteiger partial charge in [-0.3, -0.25) is 9.69 Å². The van der Waals surface area contributed by atoms with Crippen LogP contribution in [0.3, 0.4) is 0 Å². The summed E-state index contributed by atoms with van der Waals surface area (Å²) in [5.41, 5.74) is 20.2. The van der Waals surface area contributed by atoms with Crippen LogP contribution in [0.5, 0.6) is 0 Å². The Balaban J connectivity index is 0.000000185. The quantitative estimate of drug-likeness (QED) is 0.0876. The van der Waals surface area contributed by atoms with Crippen LogP contribution in [0.2, 0.25) is 0 Å². The van der Waals surface area contributed by atoms with Crippen LogP contribution in [0, 0.1) is 90.0 Å². The van der Waals surface area contributed by atoms with Gasteiger partial charge in [-0.2, -0.15) is 15.0 Å². The molecule has 0 saturated carbocycles. The Morgan fingerprint density at radius 1 is 0.500 bits per heavy atom.